The molecule has 4 rings (SSSR count). The van der Waals surface area contributed by atoms with Crippen LogP contribution in [0.15, 0.2) is 41.9 Å². The topological polar surface area (TPSA) is 40.7 Å². The van der Waals surface area contributed by atoms with Crippen molar-refractivity contribution in [3.63, 3.8) is 0 Å². The fourth-order valence-corrected chi connectivity index (χ4v) is 4.31. The minimum atomic E-state index is 0.424. The third-order valence-corrected chi connectivity index (χ3v) is 5.47. The van der Waals surface area contributed by atoms with E-state index in [0.717, 1.165) is 11.4 Å². The molecular weight excluding hydrogens is 278 g/mol. The molecular formula is C17H19N3S. The fourth-order valence-electron chi connectivity index (χ4n) is 3.44. The summed E-state index contributed by atoms with van der Waals surface area (Å²) >= 11 is 1.86. The molecule has 2 N–H and O–H groups in total. The molecule has 1 atom stereocenters. The van der Waals surface area contributed by atoms with Crippen LogP contribution in [0.3, 0.4) is 0 Å². The Morgan fingerprint density at radius 2 is 2.10 bits per heavy atom. The summed E-state index contributed by atoms with van der Waals surface area (Å²) in [7, 11) is 0. The van der Waals surface area contributed by atoms with Crippen molar-refractivity contribution in [1.82, 2.24) is 10.2 Å². The maximum atomic E-state index is 4.17. The Bertz CT molecular complexity index is 711. The van der Waals surface area contributed by atoms with Crippen LogP contribution in [0.2, 0.25) is 0 Å². The monoisotopic (exact) mass is 297 g/mol. The van der Waals surface area contributed by atoms with E-state index in [9.17, 15) is 0 Å². The SMILES string of the molecule is c1csc(C(Nc2cccc3[nH]ncc23)C2CCCC2)c1. The van der Waals surface area contributed by atoms with Crippen LogP contribution in [0.5, 0.6) is 0 Å². The van der Waals surface area contributed by atoms with E-state index in [1.54, 1.807) is 0 Å². The number of anilines is 1. The van der Waals surface area contributed by atoms with Crippen LogP contribution in [-0.4, -0.2) is 10.2 Å². The van der Waals surface area contributed by atoms with Crippen molar-refractivity contribution in [1.29, 1.82) is 0 Å². The first-order valence-corrected chi connectivity index (χ1v) is 8.52. The van der Waals surface area contributed by atoms with Gasteiger partial charge in [0.2, 0.25) is 0 Å². The van der Waals surface area contributed by atoms with E-state index >= 15 is 0 Å². The summed E-state index contributed by atoms with van der Waals surface area (Å²) in [4.78, 5) is 1.45. The number of H-pyrrole nitrogens is 1. The van der Waals surface area contributed by atoms with Gasteiger partial charge in [-0.2, -0.15) is 5.10 Å². The van der Waals surface area contributed by atoms with Crippen LogP contribution >= 0.6 is 11.3 Å². The third-order valence-electron chi connectivity index (χ3n) is 4.52. The molecule has 0 saturated heterocycles. The van der Waals surface area contributed by atoms with Crippen LogP contribution in [0.25, 0.3) is 10.9 Å². The van der Waals surface area contributed by atoms with Crippen LogP contribution < -0.4 is 5.32 Å². The van der Waals surface area contributed by atoms with Crippen LogP contribution in [0.1, 0.15) is 36.6 Å². The van der Waals surface area contributed by atoms with Gasteiger partial charge in [0.05, 0.1) is 17.8 Å². The number of fused-ring (bicyclic) bond motifs is 1. The molecule has 0 amide bonds. The average molecular weight is 297 g/mol. The van der Waals surface area contributed by atoms with Gasteiger partial charge in [0, 0.05) is 16.0 Å². The molecule has 2 aromatic heterocycles. The number of nitrogens with one attached hydrogen (secondary N) is 2. The lowest BCUT2D eigenvalue weighted by atomic mass is 9.96. The molecule has 21 heavy (non-hydrogen) atoms. The second-order valence-corrected chi connectivity index (χ2v) is 6.80. The van der Waals surface area contributed by atoms with E-state index in [1.807, 2.05) is 17.5 Å². The molecule has 0 radical (unpaired) electrons. The van der Waals surface area contributed by atoms with E-state index in [2.05, 4.69) is 51.2 Å². The summed E-state index contributed by atoms with van der Waals surface area (Å²) in [6, 6.07) is 11.2. The Kier molecular flexibility index (Phi) is 3.39. The van der Waals surface area contributed by atoms with Gasteiger partial charge in [-0.05, 0) is 42.3 Å². The number of thiophene rings is 1. The molecule has 1 aliphatic carbocycles. The molecule has 1 unspecified atom stereocenters. The zero-order valence-electron chi connectivity index (χ0n) is 11.9. The summed E-state index contributed by atoms with van der Waals surface area (Å²) in [5, 5.41) is 14.4. The fraction of sp³-hybridized carbons (Fsp3) is 0.353. The highest BCUT2D eigenvalue weighted by atomic mass is 32.1. The van der Waals surface area contributed by atoms with E-state index < -0.39 is 0 Å². The molecule has 3 aromatic rings. The summed E-state index contributed by atoms with van der Waals surface area (Å²) in [6.07, 6.45) is 7.31. The predicted molar refractivity (Wildman–Crippen MR) is 88.7 cm³/mol. The van der Waals surface area contributed by atoms with Crippen molar-refractivity contribution >= 4 is 27.9 Å². The lowest BCUT2D eigenvalue weighted by molar-refractivity contribution is 0.476. The van der Waals surface area contributed by atoms with Crippen LogP contribution in [-0.2, 0) is 0 Å². The Labute approximate surface area is 128 Å². The molecule has 2 heterocycles. The van der Waals surface area contributed by atoms with Gasteiger partial charge in [-0.25, -0.2) is 0 Å². The molecule has 108 valence electrons. The zero-order valence-corrected chi connectivity index (χ0v) is 12.7. The van der Waals surface area contributed by atoms with Gasteiger partial charge >= 0.3 is 0 Å². The number of hydrogen-bond donors (Lipinski definition) is 2. The molecule has 0 spiro atoms. The summed E-state index contributed by atoms with van der Waals surface area (Å²) in [5.74, 6) is 0.741. The predicted octanol–water partition coefficient (Wildman–Crippen LogP) is 4.97. The van der Waals surface area contributed by atoms with Gasteiger partial charge in [-0.15, -0.1) is 11.3 Å². The highest BCUT2D eigenvalue weighted by molar-refractivity contribution is 7.10. The summed E-state index contributed by atoms with van der Waals surface area (Å²) in [6.45, 7) is 0. The number of rotatable bonds is 4. The highest BCUT2D eigenvalue weighted by Crippen LogP contribution is 2.40. The second-order valence-electron chi connectivity index (χ2n) is 5.82. The zero-order chi connectivity index (χ0) is 14.1. The number of hydrogen-bond acceptors (Lipinski definition) is 3. The Morgan fingerprint density at radius 3 is 2.90 bits per heavy atom. The minimum Gasteiger partial charge on any atom is -0.377 e. The van der Waals surface area contributed by atoms with Crippen molar-refractivity contribution in [2.75, 3.05) is 5.32 Å². The second kappa shape index (κ2) is 5.53. The molecule has 4 heteroatoms. The van der Waals surface area contributed by atoms with E-state index in [0.29, 0.717) is 6.04 Å². The lowest BCUT2D eigenvalue weighted by Gasteiger charge is -2.25. The number of benzene rings is 1. The molecule has 0 aliphatic heterocycles. The van der Waals surface area contributed by atoms with Gasteiger partial charge in [0.1, 0.15) is 0 Å². The van der Waals surface area contributed by atoms with Crippen LogP contribution in [0, 0.1) is 5.92 Å². The maximum Gasteiger partial charge on any atom is 0.0671 e. The largest absolute Gasteiger partial charge is 0.377 e. The first-order valence-electron chi connectivity index (χ1n) is 7.64. The van der Waals surface area contributed by atoms with Crippen molar-refractivity contribution in [2.24, 2.45) is 5.92 Å². The Hall–Kier alpha value is -1.81. The van der Waals surface area contributed by atoms with E-state index in [1.165, 1.54) is 41.6 Å². The summed E-state index contributed by atoms with van der Waals surface area (Å²) in [5.41, 5.74) is 2.28. The molecule has 3 nitrogen and oxygen atoms in total. The van der Waals surface area contributed by atoms with Crippen molar-refractivity contribution in [3.8, 4) is 0 Å². The number of aromatic amines is 1. The number of aromatic nitrogens is 2. The standard InChI is InChI=1S/C17H19N3S/c1-2-6-12(5-1)17(16-9-4-10-21-16)19-14-7-3-8-15-13(14)11-18-20-15/h3-4,7-12,17,19H,1-2,5-6H2,(H,18,20). The first kappa shape index (κ1) is 12.9. The quantitative estimate of drug-likeness (QED) is 0.714. The Balaban J connectivity index is 1.69. The third kappa shape index (κ3) is 2.44. The van der Waals surface area contributed by atoms with E-state index in [4.69, 9.17) is 0 Å². The molecule has 1 fully saturated rings. The van der Waals surface area contributed by atoms with Gasteiger partial charge in [0.25, 0.3) is 0 Å². The molecule has 1 aliphatic rings. The van der Waals surface area contributed by atoms with Gasteiger partial charge < -0.3 is 5.32 Å². The van der Waals surface area contributed by atoms with Gasteiger partial charge in [-0.1, -0.05) is 25.0 Å². The number of nitrogens with zero attached hydrogens (tertiary/aromatic N) is 1. The average Bonchev–Trinajstić information content (AvgIpc) is 3.24. The van der Waals surface area contributed by atoms with Crippen molar-refractivity contribution in [2.45, 2.75) is 31.7 Å². The first-order chi connectivity index (χ1) is 10.4. The molecule has 1 saturated carbocycles. The molecule has 0 bridgehead atoms. The molecule has 1 aromatic carbocycles. The lowest BCUT2D eigenvalue weighted by Crippen LogP contribution is -2.18. The van der Waals surface area contributed by atoms with Gasteiger partial charge in [0.15, 0.2) is 0 Å². The normalized spacial score (nSPS) is 17.3. The van der Waals surface area contributed by atoms with E-state index in [-0.39, 0.29) is 0 Å². The maximum absolute atomic E-state index is 4.17. The summed E-state index contributed by atoms with van der Waals surface area (Å²) < 4.78 is 0. The highest BCUT2D eigenvalue weighted by Gasteiger charge is 2.27. The van der Waals surface area contributed by atoms with Gasteiger partial charge in [-0.3, -0.25) is 5.10 Å². The minimum absolute atomic E-state index is 0.424. The smallest absolute Gasteiger partial charge is 0.0671 e. The van der Waals surface area contributed by atoms with Crippen LogP contribution in [0.4, 0.5) is 5.69 Å². The van der Waals surface area contributed by atoms with Crippen molar-refractivity contribution in [3.05, 3.63) is 46.8 Å². The Morgan fingerprint density at radius 1 is 1.19 bits per heavy atom. The van der Waals surface area contributed by atoms with Crippen molar-refractivity contribution < 1.29 is 0 Å².